The van der Waals surface area contributed by atoms with Gasteiger partial charge >= 0.3 is 0 Å². The Morgan fingerprint density at radius 2 is 1.00 bits per heavy atom. The molecule has 6 heteroatoms. The summed E-state index contributed by atoms with van der Waals surface area (Å²) >= 11 is 1.85. The average Bonchev–Trinajstić information content (AvgIpc) is 3.80. The van der Waals surface area contributed by atoms with Gasteiger partial charge in [0.1, 0.15) is 5.65 Å². The maximum Gasteiger partial charge on any atom is 0.164 e. The minimum Gasteiger partial charge on any atom is -0.295 e. The zero-order chi connectivity index (χ0) is 37.5. The molecule has 57 heavy (non-hydrogen) atoms. The standard InChI is InChI=1S/C51H31N5S/c1-3-13-32(14-4-1)35-17-11-18-36(29-35)48-52-49(37-26-25-33-15-7-8-16-34(33)30-37)54-50(53-48)38-27-28-40-43(31-38)55(39-19-5-2-6-20-39)51-46(40)41-21-12-24-45-47(41)56(51)42-22-9-10-23-44(42)57-45/h1-31H. The predicted molar refractivity (Wildman–Crippen MR) is 234 cm³/mol. The topological polar surface area (TPSA) is 48.5 Å². The molecular weight excluding hydrogens is 715 g/mol. The lowest BCUT2D eigenvalue weighted by Crippen LogP contribution is -2.05. The number of hydrogen-bond donors (Lipinski definition) is 0. The second kappa shape index (κ2) is 12.6. The Kier molecular flexibility index (Phi) is 7.09. The third-order valence-electron chi connectivity index (χ3n) is 11.1. The van der Waals surface area contributed by atoms with E-state index in [1.807, 2.05) is 17.8 Å². The van der Waals surface area contributed by atoms with Crippen LogP contribution in [-0.4, -0.2) is 24.1 Å². The quantitative estimate of drug-likeness (QED) is 0.176. The van der Waals surface area contributed by atoms with Gasteiger partial charge in [-0.15, -0.1) is 0 Å². The van der Waals surface area contributed by atoms with Gasteiger partial charge in [-0.2, -0.15) is 0 Å². The number of hydrogen-bond acceptors (Lipinski definition) is 4. The van der Waals surface area contributed by atoms with E-state index in [0.29, 0.717) is 17.5 Å². The van der Waals surface area contributed by atoms with E-state index in [2.05, 4.69) is 191 Å². The second-order valence-corrected chi connectivity index (χ2v) is 15.6. The van der Waals surface area contributed by atoms with Gasteiger partial charge in [-0.1, -0.05) is 151 Å². The second-order valence-electron chi connectivity index (χ2n) is 14.5. The molecule has 5 nitrogen and oxygen atoms in total. The van der Waals surface area contributed by atoms with Crippen LogP contribution >= 0.6 is 11.8 Å². The number of para-hydroxylation sites is 3. The third-order valence-corrected chi connectivity index (χ3v) is 12.2. The van der Waals surface area contributed by atoms with Gasteiger partial charge in [0.2, 0.25) is 0 Å². The van der Waals surface area contributed by atoms with Crippen molar-refractivity contribution in [1.82, 2.24) is 24.1 Å². The Hall–Kier alpha value is -7.28. The molecule has 0 N–H and O–H groups in total. The summed E-state index contributed by atoms with van der Waals surface area (Å²) in [4.78, 5) is 18.1. The van der Waals surface area contributed by atoms with Crippen molar-refractivity contribution in [2.75, 3.05) is 0 Å². The molecule has 12 rings (SSSR count). The predicted octanol–water partition coefficient (Wildman–Crippen LogP) is 13.2. The molecule has 0 radical (unpaired) electrons. The monoisotopic (exact) mass is 745 g/mol. The summed E-state index contributed by atoms with van der Waals surface area (Å²) in [6.45, 7) is 0. The van der Waals surface area contributed by atoms with Crippen molar-refractivity contribution in [3.8, 4) is 56.7 Å². The van der Waals surface area contributed by atoms with E-state index in [1.165, 1.54) is 42.5 Å². The molecule has 0 atom stereocenters. The van der Waals surface area contributed by atoms with Crippen LogP contribution < -0.4 is 0 Å². The molecule has 0 unspecified atom stereocenters. The number of nitrogens with zero attached hydrogens (tertiary/aromatic N) is 5. The minimum atomic E-state index is 0.624. The lowest BCUT2D eigenvalue weighted by molar-refractivity contribution is 1.03. The van der Waals surface area contributed by atoms with Gasteiger partial charge in [0.05, 0.1) is 16.7 Å². The summed E-state index contributed by atoms with van der Waals surface area (Å²) in [7, 11) is 0. The van der Waals surface area contributed by atoms with E-state index >= 15 is 0 Å². The Bertz CT molecular complexity index is 3380. The van der Waals surface area contributed by atoms with Crippen LogP contribution in [0.25, 0.3) is 100 Å². The fraction of sp³-hybridized carbons (Fsp3) is 0. The van der Waals surface area contributed by atoms with Crippen molar-refractivity contribution < 1.29 is 0 Å². The maximum atomic E-state index is 5.24. The SMILES string of the molecule is c1ccc(-c2cccc(-c3nc(-c4ccc5ccccc5c4)nc(-c4ccc5c6c7cccc8c7n(c6n(-c6ccccc6)c5c4)-c4ccccc4S8)n3)c2)cc1. The van der Waals surface area contributed by atoms with Gasteiger partial charge < -0.3 is 0 Å². The molecule has 0 amide bonds. The van der Waals surface area contributed by atoms with Crippen LogP contribution in [0.3, 0.4) is 0 Å². The summed E-state index contributed by atoms with van der Waals surface area (Å²) in [5, 5.41) is 5.98. The lowest BCUT2D eigenvalue weighted by Gasteiger charge is -2.21. The van der Waals surface area contributed by atoms with Crippen molar-refractivity contribution in [3.63, 3.8) is 0 Å². The minimum absolute atomic E-state index is 0.624. The van der Waals surface area contributed by atoms with Crippen LogP contribution in [0.4, 0.5) is 0 Å². The normalized spacial score (nSPS) is 12.1. The van der Waals surface area contributed by atoms with E-state index in [-0.39, 0.29) is 0 Å². The first kappa shape index (κ1) is 32.0. The zero-order valence-corrected chi connectivity index (χ0v) is 31.4. The Balaban J connectivity index is 1.12. The molecule has 0 spiro atoms. The molecule has 8 aromatic carbocycles. The lowest BCUT2D eigenvalue weighted by atomic mass is 10.0. The van der Waals surface area contributed by atoms with Crippen molar-refractivity contribution >= 4 is 55.4 Å². The molecule has 0 saturated heterocycles. The zero-order valence-electron chi connectivity index (χ0n) is 30.5. The number of rotatable bonds is 5. The van der Waals surface area contributed by atoms with E-state index in [9.17, 15) is 0 Å². The number of benzene rings is 8. The fourth-order valence-electron chi connectivity index (χ4n) is 8.51. The van der Waals surface area contributed by atoms with E-state index < -0.39 is 0 Å². The maximum absolute atomic E-state index is 5.24. The number of fused-ring (bicyclic) bond motifs is 8. The largest absolute Gasteiger partial charge is 0.295 e. The third kappa shape index (κ3) is 5.08. The fourth-order valence-corrected chi connectivity index (χ4v) is 9.61. The highest BCUT2D eigenvalue weighted by atomic mass is 32.2. The highest BCUT2D eigenvalue weighted by molar-refractivity contribution is 7.99. The first-order chi connectivity index (χ1) is 28.2. The van der Waals surface area contributed by atoms with Crippen LogP contribution in [0, 0.1) is 0 Å². The molecular formula is C51H31N5S. The summed E-state index contributed by atoms with van der Waals surface area (Å²) in [5.41, 5.74) is 10.8. The van der Waals surface area contributed by atoms with Gasteiger partial charge in [0, 0.05) is 48.3 Å². The average molecular weight is 746 g/mol. The van der Waals surface area contributed by atoms with Gasteiger partial charge in [-0.3, -0.25) is 9.13 Å². The molecule has 0 saturated carbocycles. The molecule has 1 aliphatic rings. The van der Waals surface area contributed by atoms with Crippen molar-refractivity contribution in [3.05, 3.63) is 188 Å². The summed E-state index contributed by atoms with van der Waals surface area (Å²) < 4.78 is 4.89. The van der Waals surface area contributed by atoms with E-state index in [4.69, 9.17) is 15.0 Å². The molecule has 0 aliphatic carbocycles. The van der Waals surface area contributed by atoms with Crippen LogP contribution in [0.5, 0.6) is 0 Å². The van der Waals surface area contributed by atoms with Crippen molar-refractivity contribution in [2.24, 2.45) is 0 Å². The van der Waals surface area contributed by atoms with Crippen LogP contribution in [0.2, 0.25) is 0 Å². The number of aromatic nitrogens is 5. The van der Waals surface area contributed by atoms with E-state index in [0.717, 1.165) is 50.1 Å². The molecule has 0 fully saturated rings. The smallest absolute Gasteiger partial charge is 0.164 e. The van der Waals surface area contributed by atoms with Crippen molar-refractivity contribution in [2.45, 2.75) is 9.79 Å². The Labute approximate surface area is 332 Å². The molecule has 0 bridgehead atoms. The van der Waals surface area contributed by atoms with Gasteiger partial charge in [-0.25, -0.2) is 15.0 Å². The van der Waals surface area contributed by atoms with E-state index in [1.54, 1.807) is 0 Å². The molecule has 11 aromatic rings. The first-order valence-electron chi connectivity index (χ1n) is 19.1. The Morgan fingerprint density at radius 1 is 0.386 bits per heavy atom. The highest BCUT2D eigenvalue weighted by Gasteiger charge is 2.28. The summed E-state index contributed by atoms with van der Waals surface area (Å²) in [6, 6.07) is 66.6. The molecule has 4 heterocycles. The first-order valence-corrected chi connectivity index (χ1v) is 19.9. The summed E-state index contributed by atoms with van der Waals surface area (Å²) in [6.07, 6.45) is 0. The molecule has 3 aromatic heterocycles. The van der Waals surface area contributed by atoms with Gasteiger partial charge in [0.15, 0.2) is 17.5 Å². The summed E-state index contributed by atoms with van der Waals surface area (Å²) in [5.74, 6) is 1.89. The molecule has 1 aliphatic heterocycles. The van der Waals surface area contributed by atoms with Crippen LogP contribution in [0.15, 0.2) is 198 Å². The van der Waals surface area contributed by atoms with Gasteiger partial charge in [0.25, 0.3) is 0 Å². The van der Waals surface area contributed by atoms with Gasteiger partial charge in [-0.05, 0) is 70.4 Å². The molecule has 266 valence electrons. The van der Waals surface area contributed by atoms with Crippen molar-refractivity contribution in [1.29, 1.82) is 0 Å². The Morgan fingerprint density at radius 3 is 1.82 bits per heavy atom. The highest BCUT2D eigenvalue weighted by Crippen LogP contribution is 2.49. The van der Waals surface area contributed by atoms with Crippen LogP contribution in [-0.2, 0) is 0 Å². The van der Waals surface area contributed by atoms with Crippen LogP contribution in [0.1, 0.15) is 0 Å².